The number of nitriles is 1. The number of ether oxygens (including phenoxy) is 4. The Morgan fingerprint density at radius 2 is 1.80 bits per heavy atom. The molecule has 0 saturated carbocycles. The lowest BCUT2D eigenvalue weighted by molar-refractivity contribution is 0.0253. The molecule has 1 fully saturated rings. The summed E-state index contributed by atoms with van der Waals surface area (Å²) in [6, 6.07) is 8.97. The summed E-state index contributed by atoms with van der Waals surface area (Å²) in [7, 11) is 6.35. The van der Waals surface area contributed by atoms with Crippen molar-refractivity contribution in [2.45, 2.75) is 18.9 Å². The zero-order valence-corrected chi connectivity index (χ0v) is 23.3. The van der Waals surface area contributed by atoms with Gasteiger partial charge in [-0.05, 0) is 18.2 Å². The average molecular weight is 566 g/mol. The average Bonchev–Trinajstić information content (AvgIpc) is 3.40. The minimum atomic E-state index is -0.200. The van der Waals surface area contributed by atoms with Gasteiger partial charge < -0.3 is 28.3 Å². The number of nitrogens with zero attached hydrogens (tertiary/aromatic N) is 5. The number of aromatic nitrogens is 3. The molecule has 12 heteroatoms. The zero-order valence-electron chi connectivity index (χ0n) is 22.5. The predicted molar refractivity (Wildman–Crippen MR) is 148 cm³/mol. The summed E-state index contributed by atoms with van der Waals surface area (Å²) in [5, 5.41) is 9.83. The van der Waals surface area contributed by atoms with Crippen molar-refractivity contribution in [3.63, 3.8) is 0 Å². The highest BCUT2D eigenvalue weighted by atomic mass is 35.5. The van der Waals surface area contributed by atoms with Gasteiger partial charge in [0.25, 0.3) is 5.91 Å². The van der Waals surface area contributed by atoms with Gasteiger partial charge in [-0.15, -0.1) is 12.4 Å². The lowest BCUT2D eigenvalue weighted by atomic mass is 10.1. The van der Waals surface area contributed by atoms with Crippen LogP contribution in [0.1, 0.15) is 28.9 Å². The largest absolute Gasteiger partial charge is 0.494 e. The molecule has 0 spiro atoms. The molecule has 1 saturated heterocycles. The van der Waals surface area contributed by atoms with Gasteiger partial charge in [-0.3, -0.25) is 4.79 Å². The quantitative estimate of drug-likeness (QED) is 0.315. The topological polar surface area (TPSA) is 133 Å². The van der Waals surface area contributed by atoms with Crippen LogP contribution in [0.3, 0.4) is 0 Å². The number of hydrogen-bond donors (Lipinski definition) is 0. The van der Waals surface area contributed by atoms with Gasteiger partial charge in [0.05, 0.1) is 50.5 Å². The number of rotatable bonds is 7. The van der Waals surface area contributed by atoms with Crippen molar-refractivity contribution in [1.29, 1.82) is 5.26 Å². The van der Waals surface area contributed by atoms with Gasteiger partial charge in [0, 0.05) is 39.2 Å². The van der Waals surface area contributed by atoms with Crippen LogP contribution < -0.4 is 14.2 Å². The second-order valence-corrected chi connectivity index (χ2v) is 9.09. The minimum absolute atomic E-state index is 0. The van der Waals surface area contributed by atoms with Crippen molar-refractivity contribution in [2.75, 3.05) is 41.5 Å². The molecule has 0 atom stereocenters. The van der Waals surface area contributed by atoms with Crippen LogP contribution in [0.4, 0.5) is 0 Å². The Morgan fingerprint density at radius 1 is 1.05 bits per heavy atom. The molecular formula is C28H28ClN5O6. The van der Waals surface area contributed by atoms with Gasteiger partial charge in [-0.1, -0.05) is 0 Å². The molecule has 0 aromatic carbocycles. The van der Waals surface area contributed by atoms with Crippen molar-refractivity contribution in [3.05, 3.63) is 47.9 Å². The van der Waals surface area contributed by atoms with Crippen molar-refractivity contribution >= 4 is 29.4 Å². The van der Waals surface area contributed by atoms with E-state index in [1.54, 1.807) is 44.6 Å². The summed E-state index contributed by atoms with van der Waals surface area (Å²) in [4.78, 5) is 27.4. The van der Waals surface area contributed by atoms with Crippen LogP contribution in [-0.4, -0.2) is 73.4 Å². The van der Waals surface area contributed by atoms with E-state index in [1.807, 2.05) is 0 Å². The molecule has 1 aliphatic heterocycles. The van der Waals surface area contributed by atoms with Gasteiger partial charge in [-0.25, -0.2) is 15.0 Å². The van der Waals surface area contributed by atoms with Crippen LogP contribution in [0.25, 0.3) is 33.8 Å². The van der Waals surface area contributed by atoms with Gasteiger partial charge in [0.15, 0.2) is 22.8 Å². The molecule has 0 bridgehead atoms. The van der Waals surface area contributed by atoms with E-state index < -0.39 is 0 Å². The predicted octanol–water partition coefficient (Wildman–Crippen LogP) is 4.52. The third-order valence-corrected chi connectivity index (χ3v) is 6.37. The van der Waals surface area contributed by atoms with E-state index in [0.29, 0.717) is 69.8 Å². The first kappa shape index (κ1) is 28.6. The Kier molecular flexibility index (Phi) is 8.72. The fourth-order valence-electron chi connectivity index (χ4n) is 4.37. The molecule has 208 valence electrons. The second-order valence-electron chi connectivity index (χ2n) is 9.09. The fraction of sp³-hybridized carbons (Fsp3) is 0.321. The van der Waals surface area contributed by atoms with E-state index in [4.69, 9.17) is 23.4 Å². The smallest absolute Gasteiger partial charge is 0.255 e. The summed E-state index contributed by atoms with van der Waals surface area (Å²) in [6.45, 7) is 1.25. The highest BCUT2D eigenvalue weighted by Crippen LogP contribution is 2.40. The Balaban J connectivity index is 0.00000370. The normalized spacial score (nSPS) is 13.3. The summed E-state index contributed by atoms with van der Waals surface area (Å²) >= 11 is 0. The SMILES string of the molecule is COc1cc(C(=O)N(C)C)cnc1-c1cc2ncc(OC)c(-c3ccc(OC4CCOCC4)c(C#N)n3)c2o1.Cl. The number of amides is 1. The number of carbonyl (C=O) groups is 1. The van der Waals surface area contributed by atoms with E-state index in [1.165, 1.54) is 25.3 Å². The van der Waals surface area contributed by atoms with Gasteiger partial charge in [0.2, 0.25) is 0 Å². The molecule has 11 nitrogen and oxygen atoms in total. The molecule has 0 radical (unpaired) electrons. The van der Waals surface area contributed by atoms with Crippen LogP contribution >= 0.6 is 12.4 Å². The number of halogens is 1. The maximum Gasteiger partial charge on any atom is 0.255 e. The van der Waals surface area contributed by atoms with Crippen LogP contribution in [0.2, 0.25) is 0 Å². The van der Waals surface area contributed by atoms with E-state index in [-0.39, 0.29) is 30.1 Å². The Bertz CT molecular complexity index is 1580. The molecule has 0 N–H and O–H groups in total. The number of furan rings is 1. The molecule has 0 aliphatic carbocycles. The van der Waals surface area contributed by atoms with Crippen LogP contribution in [-0.2, 0) is 4.74 Å². The molecule has 5 rings (SSSR count). The number of pyridine rings is 3. The number of fused-ring (bicyclic) bond motifs is 1. The van der Waals surface area contributed by atoms with E-state index >= 15 is 0 Å². The lowest BCUT2D eigenvalue weighted by Gasteiger charge is -2.23. The van der Waals surface area contributed by atoms with Crippen molar-refractivity contribution in [3.8, 4) is 46.0 Å². The second kappa shape index (κ2) is 12.2. The summed E-state index contributed by atoms with van der Waals surface area (Å²) < 4.78 is 28.8. The third kappa shape index (κ3) is 5.50. The van der Waals surface area contributed by atoms with Gasteiger partial charge in [-0.2, -0.15) is 5.26 Å². The Hall–Kier alpha value is -4.40. The monoisotopic (exact) mass is 565 g/mol. The molecule has 40 heavy (non-hydrogen) atoms. The first-order chi connectivity index (χ1) is 18.9. The molecule has 5 heterocycles. The number of hydrogen-bond acceptors (Lipinski definition) is 10. The van der Waals surface area contributed by atoms with E-state index in [2.05, 4.69) is 21.0 Å². The Labute approximate surface area is 237 Å². The summed E-state index contributed by atoms with van der Waals surface area (Å²) in [5.74, 6) is 1.39. The molecule has 1 aliphatic rings. The van der Waals surface area contributed by atoms with Crippen molar-refractivity contribution < 1.29 is 28.2 Å². The first-order valence-corrected chi connectivity index (χ1v) is 12.3. The van der Waals surface area contributed by atoms with E-state index in [0.717, 1.165) is 12.8 Å². The van der Waals surface area contributed by atoms with Crippen molar-refractivity contribution in [1.82, 2.24) is 19.9 Å². The van der Waals surface area contributed by atoms with Gasteiger partial charge in [0.1, 0.15) is 34.9 Å². The van der Waals surface area contributed by atoms with Gasteiger partial charge >= 0.3 is 0 Å². The number of carbonyl (C=O) groups excluding carboxylic acids is 1. The molecule has 4 aromatic heterocycles. The number of methoxy groups -OCH3 is 2. The lowest BCUT2D eigenvalue weighted by Crippen LogP contribution is -2.26. The van der Waals surface area contributed by atoms with Crippen molar-refractivity contribution in [2.24, 2.45) is 0 Å². The minimum Gasteiger partial charge on any atom is -0.494 e. The molecule has 1 amide bonds. The van der Waals surface area contributed by atoms with E-state index in [9.17, 15) is 10.1 Å². The zero-order chi connectivity index (χ0) is 27.5. The van der Waals surface area contributed by atoms with Crippen LogP contribution in [0.5, 0.6) is 17.2 Å². The van der Waals surface area contributed by atoms with Crippen LogP contribution in [0, 0.1) is 11.3 Å². The summed E-state index contributed by atoms with van der Waals surface area (Å²) in [5.41, 5.74) is 2.86. The maximum atomic E-state index is 12.4. The highest BCUT2D eigenvalue weighted by molar-refractivity contribution is 5.96. The molecule has 0 unspecified atom stereocenters. The Morgan fingerprint density at radius 3 is 2.48 bits per heavy atom. The first-order valence-electron chi connectivity index (χ1n) is 12.3. The van der Waals surface area contributed by atoms with Crippen LogP contribution in [0.15, 0.2) is 41.1 Å². The molecule has 4 aromatic rings. The third-order valence-electron chi connectivity index (χ3n) is 6.37. The standard InChI is InChI=1S/C28H27N5O6.ClH/c1-33(2)28(34)16-11-22(35-3)26(31-14-16)23-12-19-27(39-23)25(24(36-4)15-30-19)18-5-6-21(20(13-29)32-18)38-17-7-9-37-10-8-17;/h5-6,11-12,14-15,17H,7-10H2,1-4H3;1H. The fourth-order valence-corrected chi connectivity index (χ4v) is 4.37. The summed E-state index contributed by atoms with van der Waals surface area (Å²) in [6.07, 6.45) is 4.51. The molecular weight excluding hydrogens is 538 g/mol. The maximum absolute atomic E-state index is 12.4. The highest BCUT2D eigenvalue weighted by Gasteiger charge is 2.24.